The molecule has 1 aliphatic rings. The Hall–Kier alpha value is -1.29. The molecule has 0 atom stereocenters. The number of nitrogen functional groups attached to an aromatic ring is 1. The Morgan fingerprint density at radius 1 is 1.31 bits per heavy atom. The Bertz CT molecular complexity index is 376. The van der Waals surface area contributed by atoms with Crippen molar-refractivity contribution in [1.29, 1.82) is 0 Å². The van der Waals surface area contributed by atoms with Crippen molar-refractivity contribution in [2.75, 3.05) is 5.73 Å². The van der Waals surface area contributed by atoms with Crippen molar-refractivity contribution in [3.8, 4) is 0 Å². The maximum Gasteiger partial charge on any atom is 0.0591 e. The number of nitrogens with two attached hydrogens (primary N) is 1. The number of rotatable bonds is 1. The Morgan fingerprint density at radius 2 is 2.15 bits per heavy atom. The molecule has 3 nitrogen and oxygen atoms in total. The van der Waals surface area contributed by atoms with Gasteiger partial charge in [0, 0.05) is 21.3 Å². The molecule has 1 heterocycles. The lowest BCUT2D eigenvalue weighted by atomic mass is 10.1. The molecule has 1 aromatic carbocycles. The van der Waals surface area contributed by atoms with Crippen molar-refractivity contribution in [2.45, 2.75) is 0 Å². The average Bonchev–Trinajstić information content (AvgIpc) is 2.57. The van der Waals surface area contributed by atoms with E-state index < -0.39 is 0 Å². The van der Waals surface area contributed by atoms with E-state index in [1.165, 1.54) is 0 Å². The number of anilines is 1. The minimum absolute atomic E-state index is 0.726. The van der Waals surface area contributed by atoms with Crippen LogP contribution in [0, 0.1) is 0 Å². The molecule has 1 aliphatic heterocycles. The first kappa shape index (κ1) is 8.31. The molecule has 0 saturated carbocycles. The molecule has 1 aromatic rings. The molecule has 2 rings (SSSR count). The minimum Gasteiger partial charge on any atom is -0.398 e. The van der Waals surface area contributed by atoms with Crippen LogP contribution < -0.4 is 11.2 Å². The fraction of sp³-hybridized carbons (Fsp3) is 0. The average molecular weight is 237 g/mol. The normalized spacial score (nSPS) is 14.1. The second kappa shape index (κ2) is 3.22. The lowest BCUT2D eigenvalue weighted by Gasteiger charge is -2.05. The summed E-state index contributed by atoms with van der Waals surface area (Å²) in [5.74, 6) is 0. The third kappa shape index (κ3) is 1.45. The van der Waals surface area contributed by atoms with Gasteiger partial charge in [0.1, 0.15) is 0 Å². The Labute approximate surface area is 84.5 Å². The Balaban J connectivity index is 2.56. The number of nitrogens with zero attached hydrogens (tertiary/aromatic N) is 2. The lowest BCUT2D eigenvalue weighted by Crippen LogP contribution is -1.94. The quantitative estimate of drug-likeness (QED) is 0.746. The van der Waals surface area contributed by atoms with Crippen molar-refractivity contribution in [1.82, 2.24) is 5.43 Å². The van der Waals surface area contributed by atoms with Gasteiger partial charge in [-0.25, -0.2) is 0 Å². The fourth-order valence-corrected chi connectivity index (χ4v) is 1.81. The van der Waals surface area contributed by atoms with Gasteiger partial charge in [0.15, 0.2) is 0 Å². The fourth-order valence-electron chi connectivity index (χ4n) is 1.20. The molecule has 0 amide bonds. The van der Waals surface area contributed by atoms with E-state index >= 15 is 0 Å². The second-order valence-electron chi connectivity index (χ2n) is 2.65. The van der Waals surface area contributed by atoms with Gasteiger partial charge in [0.25, 0.3) is 0 Å². The number of halogens is 1. The summed E-state index contributed by atoms with van der Waals surface area (Å²) in [5.41, 5.74) is 12.2. The predicted molar refractivity (Wildman–Crippen MR) is 57.2 cm³/mol. The van der Waals surface area contributed by atoms with Gasteiger partial charge in [-0.3, -0.25) is 0 Å². The predicted octanol–water partition coefficient (Wildman–Crippen LogP) is 1.98. The molecule has 13 heavy (non-hydrogen) atoms. The van der Waals surface area contributed by atoms with E-state index in [-0.39, 0.29) is 0 Å². The zero-order valence-electron chi connectivity index (χ0n) is 6.74. The molecular weight excluding hydrogens is 230 g/mol. The van der Waals surface area contributed by atoms with Gasteiger partial charge in [-0.15, -0.1) is 0 Å². The summed E-state index contributed by atoms with van der Waals surface area (Å²) in [6.07, 6.45) is 3.38. The molecule has 0 fully saturated rings. The van der Waals surface area contributed by atoms with Crippen molar-refractivity contribution in [3.63, 3.8) is 0 Å². The molecule has 0 saturated heterocycles. The van der Waals surface area contributed by atoms with Gasteiger partial charge in [-0.2, -0.15) is 10.5 Å². The van der Waals surface area contributed by atoms with Crippen molar-refractivity contribution in [2.24, 2.45) is 5.10 Å². The monoisotopic (exact) mass is 236 g/mol. The largest absolute Gasteiger partial charge is 0.398 e. The van der Waals surface area contributed by atoms with Crippen molar-refractivity contribution < 1.29 is 0 Å². The molecule has 0 bridgehead atoms. The molecule has 2 N–H and O–H groups in total. The van der Waals surface area contributed by atoms with Gasteiger partial charge in [-0.1, -0.05) is 22.0 Å². The SMILES string of the molecule is Nc1cccc(Br)c1C1=C[N]N=C1. The Morgan fingerprint density at radius 3 is 2.77 bits per heavy atom. The number of allylic oxidation sites excluding steroid dienone is 1. The lowest BCUT2D eigenvalue weighted by molar-refractivity contribution is 0.977. The van der Waals surface area contributed by atoms with Crippen LogP contribution in [-0.2, 0) is 0 Å². The van der Waals surface area contributed by atoms with E-state index in [0.717, 1.165) is 21.3 Å². The van der Waals surface area contributed by atoms with E-state index in [1.807, 2.05) is 18.2 Å². The summed E-state index contributed by atoms with van der Waals surface area (Å²) < 4.78 is 0.960. The van der Waals surface area contributed by atoms with E-state index in [1.54, 1.807) is 12.4 Å². The molecule has 0 spiro atoms. The van der Waals surface area contributed by atoms with E-state index in [2.05, 4.69) is 26.5 Å². The number of hydrogen-bond donors (Lipinski definition) is 1. The second-order valence-corrected chi connectivity index (χ2v) is 3.50. The molecule has 0 aromatic heterocycles. The van der Waals surface area contributed by atoms with Gasteiger partial charge >= 0.3 is 0 Å². The number of benzene rings is 1. The molecular formula is C9H7BrN3. The third-order valence-electron chi connectivity index (χ3n) is 1.79. The van der Waals surface area contributed by atoms with Crippen LogP contribution in [0.4, 0.5) is 5.69 Å². The van der Waals surface area contributed by atoms with Gasteiger partial charge in [0.2, 0.25) is 0 Å². The zero-order valence-corrected chi connectivity index (χ0v) is 8.32. The molecule has 1 radical (unpaired) electrons. The molecule has 0 unspecified atom stereocenters. The minimum atomic E-state index is 0.726. The molecule has 65 valence electrons. The van der Waals surface area contributed by atoms with Crippen LogP contribution >= 0.6 is 15.9 Å². The molecule has 4 heteroatoms. The highest BCUT2D eigenvalue weighted by atomic mass is 79.9. The summed E-state index contributed by atoms with van der Waals surface area (Å²) in [7, 11) is 0. The van der Waals surface area contributed by atoms with Gasteiger partial charge in [-0.05, 0) is 12.1 Å². The van der Waals surface area contributed by atoms with Crippen LogP contribution in [0.2, 0.25) is 0 Å². The van der Waals surface area contributed by atoms with Crippen molar-refractivity contribution >= 4 is 33.4 Å². The Kier molecular flexibility index (Phi) is 2.06. The maximum atomic E-state index is 5.83. The highest BCUT2D eigenvalue weighted by Gasteiger charge is 2.10. The zero-order chi connectivity index (χ0) is 9.26. The van der Waals surface area contributed by atoms with E-state index in [0.29, 0.717) is 0 Å². The third-order valence-corrected chi connectivity index (χ3v) is 2.46. The highest BCUT2D eigenvalue weighted by Crippen LogP contribution is 2.29. The summed E-state index contributed by atoms with van der Waals surface area (Å²) in [6, 6.07) is 5.69. The summed E-state index contributed by atoms with van der Waals surface area (Å²) in [5, 5.41) is 3.75. The summed E-state index contributed by atoms with van der Waals surface area (Å²) in [4.78, 5) is 0. The van der Waals surface area contributed by atoms with Crippen LogP contribution in [0.5, 0.6) is 0 Å². The van der Waals surface area contributed by atoms with Crippen LogP contribution in [0.3, 0.4) is 0 Å². The van der Waals surface area contributed by atoms with Crippen LogP contribution in [0.25, 0.3) is 5.57 Å². The van der Waals surface area contributed by atoms with Crippen molar-refractivity contribution in [3.05, 3.63) is 34.4 Å². The number of hydrogen-bond acceptors (Lipinski definition) is 2. The highest BCUT2D eigenvalue weighted by molar-refractivity contribution is 9.10. The summed E-state index contributed by atoms with van der Waals surface area (Å²) >= 11 is 3.43. The van der Waals surface area contributed by atoms with E-state index in [4.69, 9.17) is 5.73 Å². The van der Waals surface area contributed by atoms with Gasteiger partial charge < -0.3 is 5.73 Å². The van der Waals surface area contributed by atoms with Gasteiger partial charge in [0.05, 0.1) is 12.4 Å². The molecule has 0 aliphatic carbocycles. The smallest absolute Gasteiger partial charge is 0.0591 e. The standard InChI is InChI=1S/C9H7BrN3/c10-7-2-1-3-8(11)9(7)6-4-12-13-5-6/h1-5H,11H2. The van der Waals surface area contributed by atoms with Crippen LogP contribution in [-0.4, -0.2) is 6.21 Å². The first-order chi connectivity index (χ1) is 6.29. The van der Waals surface area contributed by atoms with Crippen LogP contribution in [0.15, 0.2) is 34.0 Å². The van der Waals surface area contributed by atoms with Crippen LogP contribution in [0.1, 0.15) is 5.56 Å². The van der Waals surface area contributed by atoms with E-state index in [9.17, 15) is 0 Å². The first-order valence-electron chi connectivity index (χ1n) is 3.77. The summed E-state index contributed by atoms with van der Waals surface area (Å²) in [6.45, 7) is 0. The maximum absolute atomic E-state index is 5.83. The first-order valence-corrected chi connectivity index (χ1v) is 4.56. The topological polar surface area (TPSA) is 52.5 Å².